The second-order valence-corrected chi connectivity index (χ2v) is 6.28. The number of amides is 1. The van der Waals surface area contributed by atoms with Gasteiger partial charge in [0.05, 0.1) is 6.04 Å². The van der Waals surface area contributed by atoms with E-state index < -0.39 is 0 Å². The number of carbonyl (C=O) groups excluding carboxylic acids is 1. The summed E-state index contributed by atoms with van der Waals surface area (Å²) in [7, 11) is 0. The number of likely N-dealkylation sites (tertiary alicyclic amines) is 1. The molecule has 0 spiro atoms. The zero-order valence-electron chi connectivity index (χ0n) is 13.3. The van der Waals surface area contributed by atoms with Crippen molar-refractivity contribution in [3.8, 4) is 0 Å². The Labute approximate surface area is 127 Å². The Morgan fingerprint density at radius 1 is 1.38 bits per heavy atom. The highest BCUT2D eigenvalue weighted by molar-refractivity contribution is 5.94. The smallest absolute Gasteiger partial charge is 0.241 e. The van der Waals surface area contributed by atoms with E-state index in [1.807, 2.05) is 31.2 Å². The van der Waals surface area contributed by atoms with Gasteiger partial charge in [0.25, 0.3) is 0 Å². The van der Waals surface area contributed by atoms with Gasteiger partial charge >= 0.3 is 0 Å². The Hall–Kier alpha value is -1.39. The Morgan fingerprint density at radius 3 is 2.62 bits per heavy atom. The molecule has 1 aromatic rings. The Bertz CT molecular complexity index is 471. The molecule has 0 aromatic heterocycles. The van der Waals surface area contributed by atoms with Crippen molar-refractivity contribution in [1.29, 1.82) is 0 Å². The predicted octanol–water partition coefficient (Wildman–Crippen LogP) is 2.59. The highest BCUT2D eigenvalue weighted by Gasteiger charge is 2.30. The second-order valence-electron chi connectivity index (χ2n) is 6.28. The van der Waals surface area contributed by atoms with E-state index in [4.69, 9.17) is 5.73 Å². The van der Waals surface area contributed by atoms with Gasteiger partial charge in [-0.2, -0.15) is 0 Å². The lowest BCUT2D eigenvalue weighted by Crippen LogP contribution is -2.50. The van der Waals surface area contributed by atoms with Crippen LogP contribution in [-0.4, -0.2) is 29.4 Å². The van der Waals surface area contributed by atoms with Crippen molar-refractivity contribution in [2.24, 2.45) is 11.7 Å². The minimum absolute atomic E-state index is 0.0666. The van der Waals surface area contributed by atoms with Crippen molar-refractivity contribution in [3.05, 3.63) is 29.8 Å². The fourth-order valence-electron chi connectivity index (χ4n) is 3.12. The molecule has 2 rings (SSSR count). The maximum absolute atomic E-state index is 12.4. The van der Waals surface area contributed by atoms with Gasteiger partial charge < -0.3 is 11.1 Å². The number of nitrogens with one attached hydrogen (secondary N) is 1. The molecule has 1 aliphatic heterocycles. The molecule has 3 N–H and O–H groups in total. The third kappa shape index (κ3) is 4.05. The lowest BCUT2D eigenvalue weighted by molar-refractivity contribution is -0.122. The van der Waals surface area contributed by atoms with E-state index in [0.717, 1.165) is 23.7 Å². The first-order valence-corrected chi connectivity index (χ1v) is 7.87. The molecule has 1 aliphatic rings. The van der Waals surface area contributed by atoms with Crippen molar-refractivity contribution >= 4 is 11.6 Å². The van der Waals surface area contributed by atoms with Gasteiger partial charge in [-0.05, 0) is 56.8 Å². The first-order chi connectivity index (χ1) is 10.0. The van der Waals surface area contributed by atoms with Gasteiger partial charge in [0.1, 0.15) is 0 Å². The van der Waals surface area contributed by atoms with E-state index in [2.05, 4.69) is 24.1 Å². The number of carbonyl (C=O) groups is 1. The Morgan fingerprint density at radius 2 is 2.05 bits per heavy atom. The van der Waals surface area contributed by atoms with Crippen LogP contribution in [0.2, 0.25) is 0 Å². The summed E-state index contributed by atoms with van der Waals surface area (Å²) in [5, 5.41) is 3.00. The number of piperidine rings is 1. The molecule has 1 amide bonds. The van der Waals surface area contributed by atoms with E-state index in [-0.39, 0.29) is 11.9 Å². The van der Waals surface area contributed by atoms with Crippen LogP contribution in [0.15, 0.2) is 24.3 Å². The van der Waals surface area contributed by atoms with Crippen LogP contribution in [0.25, 0.3) is 0 Å². The summed E-state index contributed by atoms with van der Waals surface area (Å²) in [5.74, 6) is 0.826. The van der Waals surface area contributed by atoms with Crippen molar-refractivity contribution in [1.82, 2.24) is 4.90 Å². The SMILES string of the molecule is CC1CCN(C(C)C(=O)Nc2ccc(CN)cc2)C(C)C1. The van der Waals surface area contributed by atoms with Gasteiger partial charge in [0.15, 0.2) is 0 Å². The molecule has 0 radical (unpaired) electrons. The average Bonchev–Trinajstić information content (AvgIpc) is 2.47. The molecule has 21 heavy (non-hydrogen) atoms. The third-order valence-electron chi connectivity index (χ3n) is 4.52. The van der Waals surface area contributed by atoms with Crippen molar-refractivity contribution in [3.63, 3.8) is 0 Å². The van der Waals surface area contributed by atoms with Crippen LogP contribution in [0.1, 0.15) is 39.2 Å². The number of rotatable bonds is 4. The number of benzene rings is 1. The molecule has 1 heterocycles. The monoisotopic (exact) mass is 289 g/mol. The first-order valence-electron chi connectivity index (χ1n) is 7.87. The molecular weight excluding hydrogens is 262 g/mol. The van der Waals surface area contributed by atoms with Crippen LogP contribution in [0, 0.1) is 5.92 Å². The Balaban J connectivity index is 1.95. The normalized spacial score (nSPS) is 24.6. The van der Waals surface area contributed by atoms with E-state index in [9.17, 15) is 4.79 Å². The molecule has 1 saturated heterocycles. The molecule has 3 atom stereocenters. The summed E-state index contributed by atoms with van der Waals surface area (Å²) in [6, 6.07) is 8.09. The summed E-state index contributed by atoms with van der Waals surface area (Å²) < 4.78 is 0. The first kappa shape index (κ1) is 16.0. The maximum atomic E-state index is 12.4. The van der Waals surface area contributed by atoms with Crippen molar-refractivity contribution < 1.29 is 4.79 Å². The molecule has 116 valence electrons. The molecule has 0 saturated carbocycles. The highest BCUT2D eigenvalue weighted by atomic mass is 16.2. The zero-order chi connectivity index (χ0) is 15.4. The van der Waals surface area contributed by atoms with Gasteiger partial charge in [0.2, 0.25) is 5.91 Å². The molecule has 1 fully saturated rings. The summed E-state index contributed by atoms with van der Waals surface area (Å²) >= 11 is 0. The fourth-order valence-corrected chi connectivity index (χ4v) is 3.12. The number of nitrogens with two attached hydrogens (primary N) is 1. The van der Waals surface area contributed by atoms with E-state index >= 15 is 0 Å². The maximum Gasteiger partial charge on any atom is 0.241 e. The average molecular weight is 289 g/mol. The quantitative estimate of drug-likeness (QED) is 0.895. The zero-order valence-corrected chi connectivity index (χ0v) is 13.3. The van der Waals surface area contributed by atoms with Gasteiger partial charge in [-0.1, -0.05) is 19.1 Å². The van der Waals surface area contributed by atoms with E-state index in [1.165, 1.54) is 12.8 Å². The lowest BCUT2D eigenvalue weighted by Gasteiger charge is -2.39. The molecule has 0 bridgehead atoms. The lowest BCUT2D eigenvalue weighted by atomic mass is 9.92. The van der Waals surface area contributed by atoms with Crippen LogP contribution in [0.4, 0.5) is 5.69 Å². The van der Waals surface area contributed by atoms with Crippen LogP contribution >= 0.6 is 0 Å². The Kier molecular flexibility index (Phi) is 5.37. The molecule has 3 unspecified atom stereocenters. The number of hydrogen-bond donors (Lipinski definition) is 2. The highest BCUT2D eigenvalue weighted by Crippen LogP contribution is 2.24. The molecule has 1 aromatic carbocycles. The standard InChI is InChI=1S/C17H27N3O/c1-12-8-9-20(13(2)10-12)14(3)17(21)19-16-6-4-15(11-18)5-7-16/h4-7,12-14H,8-11,18H2,1-3H3,(H,19,21). The summed E-state index contributed by atoms with van der Waals surface area (Å²) in [5.41, 5.74) is 7.48. The summed E-state index contributed by atoms with van der Waals surface area (Å²) in [6.07, 6.45) is 2.34. The van der Waals surface area contributed by atoms with Crippen LogP contribution in [-0.2, 0) is 11.3 Å². The largest absolute Gasteiger partial charge is 0.326 e. The van der Waals surface area contributed by atoms with E-state index in [0.29, 0.717) is 12.6 Å². The minimum Gasteiger partial charge on any atom is -0.326 e. The molecular formula is C17H27N3O. The van der Waals surface area contributed by atoms with Crippen molar-refractivity contribution in [2.75, 3.05) is 11.9 Å². The van der Waals surface area contributed by atoms with E-state index in [1.54, 1.807) is 0 Å². The topological polar surface area (TPSA) is 58.4 Å². The van der Waals surface area contributed by atoms with Crippen molar-refractivity contribution in [2.45, 2.75) is 52.2 Å². The van der Waals surface area contributed by atoms with Gasteiger partial charge in [-0.15, -0.1) is 0 Å². The molecule has 4 nitrogen and oxygen atoms in total. The van der Waals surface area contributed by atoms with Gasteiger partial charge in [-0.3, -0.25) is 9.69 Å². The van der Waals surface area contributed by atoms with Crippen LogP contribution in [0.5, 0.6) is 0 Å². The minimum atomic E-state index is -0.0957. The second kappa shape index (κ2) is 7.05. The van der Waals surface area contributed by atoms with Gasteiger partial charge in [-0.25, -0.2) is 0 Å². The number of nitrogens with zero attached hydrogens (tertiary/aromatic N) is 1. The number of anilines is 1. The summed E-state index contributed by atoms with van der Waals surface area (Å²) in [4.78, 5) is 14.7. The third-order valence-corrected chi connectivity index (χ3v) is 4.52. The molecule has 0 aliphatic carbocycles. The number of hydrogen-bond acceptors (Lipinski definition) is 3. The van der Waals surface area contributed by atoms with Crippen LogP contribution in [0.3, 0.4) is 0 Å². The molecule has 4 heteroatoms. The van der Waals surface area contributed by atoms with Crippen LogP contribution < -0.4 is 11.1 Å². The summed E-state index contributed by atoms with van der Waals surface area (Å²) in [6.45, 7) is 8.03. The van der Waals surface area contributed by atoms with Gasteiger partial charge in [0, 0.05) is 18.3 Å². The fraction of sp³-hybridized carbons (Fsp3) is 0.588. The predicted molar refractivity (Wildman–Crippen MR) is 87.0 cm³/mol.